The zero-order valence-corrected chi connectivity index (χ0v) is 14.4. The highest BCUT2D eigenvalue weighted by atomic mass is 79.9. The van der Waals surface area contributed by atoms with Crippen molar-refractivity contribution in [2.45, 2.75) is 0 Å². The summed E-state index contributed by atoms with van der Waals surface area (Å²) in [5, 5.41) is 4.75. The number of benzene rings is 4. The fourth-order valence-corrected chi connectivity index (χ4v) is 4.07. The molecule has 0 saturated carbocycles. The Hall–Kier alpha value is -2.58. The van der Waals surface area contributed by atoms with E-state index in [-0.39, 0.29) is 0 Å². The molecule has 24 heavy (non-hydrogen) atoms. The molecule has 0 amide bonds. The molecule has 5 rings (SSSR count). The van der Waals surface area contributed by atoms with Gasteiger partial charge in [-0.3, -0.25) is 0 Å². The summed E-state index contributed by atoms with van der Waals surface area (Å²) in [5.41, 5.74) is 4.19. The number of hydrogen-bond acceptors (Lipinski definition) is 1. The Balaban J connectivity index is 1.94. The molecule has 0 bridgehead atoms. The fraction of sp³-hybridized carbons (Fsp3) is 0. The number of para-hydroxylation sites is 2. The lowest BCUT2D eigenvalue weighted by Crippen LogP contribution is -1.83. The first-order chi connectivity index (χ1) is 11.8. The van der Waals surface area contributed by atoms with E-state index in [0.29, 0.717) is 0 Å². The molecule has 114 valence electrons. The second kappa shape index (κ2) is 5.22. The minimum Gasteiger partial charge on any atom is -0.455 e. The Bertz CT molecular complexity index is 1210. The lowest BCUT2D eigenvalue weighted by atomic mass is 9.97. The molecule has 0 unspecified atom stereocenters. The first-order valence-electron chi connectivity index (χ1n) is 7.91. The minimum atomic E-state index is 0.930. The van der Waals surface area contributed by atoms with Crippen molar-refractivity contribution in [3.8, 4) is 11.1 Å². The van der Waals surface area contributed by atoms with Gasteiger partial charge in [0.1, 0.15) is 11.2 Å². The maximum atomic E-state index is 6.21. The second-order valence-electron chi connectivity index (χ2n) is 5.92. The summed E-state index contributed by atoms with van der Waals surface area (Å²) in [4.78, 5) is 0. The minimum absolute atomic E-state index is 0.930. The van der Waals surface area contributed by atoms with E-state index in [4.69, 9.17) is 4.42 Å². The van der Waals surface area contributed by atoms with Crippen LogP contribution in [0.1, 0.15) is 0 Å². The maximum absolute atomic E-state index is 6.21. The summed E-state index contributed by atoms with van der Waals surface area (Å²) in [5.74, 6) is 0. The lowest BCUT2D eigenvalue weighted by molar-refractivity contribution is 0.670. The van der Waals surface area contributed by atoms with E-state index >= 15 is 0 Å². The summed E-state index contributed by atoms with van der Waals surface area (Å²) >= 11 is 3.71. The van der Waals surface area contributed by atoms with Crippen LogP contribution in [-0.4, -0.2) is 0 Å². The summed E-state index contributed by atoms with van der Waals surface area (Å²) in [6, 6.07) is 27.3. The third-order valence-corrected chi connectivity index (χ3v) is 5.21. The van der Waals surface area contributed by atoms with Gasteiger partial charge in [-0.2, -0.15) is 0 Å². The quantitative estimate of drug-likeness (QED) is 0.304. The Morgan fingerprint density at radius 2 is 1.33 bits per heavy atom. The highest BCUT2D eigenvalue weighted by molar-refractivity contribution is 9.10. The van der Waals surface area contributed by atoms with Crippen LogP contribution < -0.4 is 0 Å². The van der Waals surface area contributed by atoms with E-state index in [1.165, 1.54) is 16.3 Å². The lowest BCUT2D eigenvalue weighted by Gasteiger charge is -2.09. The average molecular weight is 373 g/mol. The summed E-state index contributed by atoms with van der Waals surface area (Å²) in [7, 11) is 0. The highest BCUT2D eigenvalue weighted by Crippen LogP contribution is 2.40. The van der Waals surface area contributed by atoms with Gasteiger partial charge in [-0.1, -0.05) is 82.7 Å². The Morgan fingerprint density at radius 1 is 0.625 bits per heavy atom. The zero-order chi connectivity index (χ0) is 16.1. The Labute approximate surface area is 147 Å². The highest BCUT2D eigenvalue weighted by Gasteiger charge is 2.14. The van der Waals surface area contributed by atoms with Gasteiger partial charge in [-0.05, 0) is 23.1 Å². The van der Waals surface area contributed by atoms with Crippen molar-refractivity contribution in [2.75, 3.05) is 0 Å². The number of furan rings is 1. The van der Waals surface area contributed by atoms with Crippen LogP contribution in [0.3, 0.4) is 0 Å². The van der Waals surface area contributed by atoms with Crippen molar-refractivity contribution in [3.05, 3.63) is 83.3 Å². The number of hydrogen-bond donors (Lipinski definition) is 0. The fourth-order valence-electron chi connectivity index (χ4n) is 3.48. The predicted octanol–water partition coefficient (Wildman–Crippen LogP) is 7.17. The molecule has 0 fully saturated rings. The molecule has 0 N–H and O–H groups in total. The molecule has 0 radical (unpaired) electrons. The van der Waals surface area contributed by atoms with Gasteiger partial charge in [-0.15, -0.1) is 0 Å². The molecule has 4 aromatic carbocycles. The van der Waals surface area contributed by atoms with Crippen LogP contribution in [0.25, 0.3) is 43.8 Å². The molecule has 0 aliphatic carbocycles. The smallest absolute Gasteiger partial charge is 0.143 e. The van der Waals surface area contributed by atoms with Crippen LogP contribution >= 0.6 is 15.9 Å². The number of rotatable bonds is 1. The van der Waals surface area contributed by atoms with Gasteiger partial charge in [0.15, 0.2) is 0 Å². The van der Waals surface area contributed by atoms with Crippen molar-refractivity contribution in [3.63, 3.8) is 0 Å². The maximum Gasteiger partial charge on any atom is 0.143 e. The SMILES string of the molecule is Brc1cccc2cccc(-c3cccc4c3oc3ccccc34)c12. The molecule has 0 aliphatic heterocycles. The first kappa shape index (κ1) is 13.8. The van der Waals surface area contributed by atoms with E-state index in [2.05, 4.69) is 82.7 Å². The van der Waals surface area contributed by atoms with Gasteiger partial charge < -0.3 is 4.42 Å². The van der Waals surface area contributed by atoms with E-state index < -0.39 is 0 Å². The van der Waals surface area contributed by atoms with Gasteiger partial charge >= 0.3 is 0 Å². The molecule has 0 saturated heterocycles. The Kier molecular flexibility index (Phi) is 3.00. The largest absolute Gasteiger partial charge is 0.455 e. The normalized spacial score (nSPS) is 11.5. The van der Waals surface area contributed by atoms with Crippen LogP contribution in [0.15, 0.2) is 87.8 Å². The molecule has 5 aromatic rings. The van der Waals surface area contributed by atoms with Gasteiger partial charge in [0, 0.05) is 26.2 Å². The van der Waals surface area contributed by atoms with Crippen molar-refractivity contribution in [1.82, 2.24) is 0 Å². The van der Waals surface area contributed by atoms with E-state index in [0.717, 1.165) is 32.0 Å². The van der Waals surface area contributed by atoms with E-state index in [1.54, 1.807) is 0 Å². The summed E-state index contributed by atoms with van der Waals surface area (Å²) in [6.45, 7) is 0. The predicted molar refractivity (Wildman–Crippen MR) is 104 cm³/mol. The third kappa shape index (κ3) is 1.93. The molecule has 0 spiro atoms. The Morgan fingerprint density at radius 3 is 2.25 bits per heavy atom. The molecular weight excluding hydrogens is 360 g/mol. The average Bonchev–Trinajstić information content (AvgIpc) is 3.00. The summed E-state index contributed by atoms with van der Waals surface area (Å²) < 4.78 is 7.31. The monoisotopic (exact) mass is 372 g/mol. The van der Waals surface area contributed by atoms with Crippen LogP contribution in [0.2, 0.25) is 0 Å². The van der Waals surface area contributed by atoms with Gasteiger partial charge in [0.25, 0.3) is 0 Å². The third-order valence-electron chi connectivity index (χ3n) is 4.55. The zero-order valence-electron chi connectivity index (χ0n) is 12.8. The van der Waals surface area contributed by atoms with Gasteiger partial charge in [0.2, 0.25) is 0 Å². The topological polar surface area (TPSA) is 13.1 Å². The van der Waals surface area contributed by atoms with E-state index in [9.17, 15) is 0 Å². The first-order valence-corrected chi connectivity index (χ1v) is 8.70. The standard InChI is InChI=1S/C22H13BrO/c23-19-12-4-7-14-6-3-9-16(21(14)19)18-11-5-10-17-15-8-1-2-13-20(15)24-22(17)18/h1-13H. The van der Waals surface area contributed by atoms with Crippen molar-refractivity contribution >= 4 is 48.6 Å². The number of fused-ring (bicyclic) bond motifs is 4. The molecular formula is C22H13BrO. The van der Waals surface area contributed by atoms with Crippen LogP contribution in [0.5, 0.6) is 0 Å². The molecule has 0 aliphatic rings. The summed E-state index contributed by atoms with van der Waals surface area (Å²) in [6.07, 6.45) is 0. The van der Waals surface area contributed by atoms with Crippen molar-refractivity contribution in [1.29, 1.82) is 0 Å². The molecule has 0 atom stereocenters. The molecule has 2 heteroatoms. The second-order valence-corrected chi connectivity index (χ2v) is 6.78. The van der Waals surface area contributed by atoms with Crippen LogP contribution in [0, 0.1) is 0 Å². The molecule has 1 heterocycles. The van der Waals surface area contributed by atoms with Crippen molar-refractivity contribution in [2.24, 2.45) is 0 Å². The van der Waals surface area contributed by atoms with Crippen LogP contribution in [0.4, 0.5) is 0 Å². The molecule has 1 aromatic heterocycles. The van der Waals surface area contributed by atoms with Gasteiger partial charge in [0.05, 0.1) is 0 Å². The van der Waals surface area contributed by atoms with E-state index in [1.807, 2.05) is 12.1 Å². The molecule has 1 nitrogen and oxygen atoms in total. The van der Waals surface area contributed by atoms with Gasteiger partial charge in [-0.25, -0.2) is 0 Å². The number of halogens is 1. The van der Waals surface area contributed by atoms with Crippen molar-refractivity contribution < 1.29 is 4.42 Å². The van der Waals surface area contributed by atoms with Crippen LogP contribution in [-0.2, 0) is 0 Å².